The summed E-state index contributed by atoms with van der Waals surface area (Å²) < 4.78 is 43.1. The van der Waals surface area contributed by atoms with E-state index in [0.717, 1.165) is 22.8 Å². The number of aromatic nitrogens is 4. The van der Waals surface area contributed by atoms with Gasteiger partial charge in [0, 0.05) is 19.0 Å². The van der Waals surface area contributed by atoms with Crippen LogP contribution in [0, 0.1) is 28.8 Å². The van der Waals surface area contributed by atoms with Gasteiger partial charge in [-0.3, -0.25) is 9.36 Å². The Morgan fingerprint density at radius 1 is 1.06 bits per heavy atom. The molecule has 4 aromatic rings. The highest BCUT2D eigenvalue weighted by atomic mass is 19.1. The van der Waals surface area contributed by atoms with Crippen molar-refractivity contribution in [2.75, 3.05) is 23.3 Å². The summed E-state index contributed by atoms with van der Waals surface area (Å²) in [5.41, 5.74) is 10.5. The SMILES string of the molecule is N#Cc1c(N)nc(N)nc1NCCCc1nc2cccc(F)c2c(=O)n1-c1cc(F)cc(F)c1. The van der Waals surface area contributed by atoms with Crippen LogP contribution in [-0.2, 0) is 6.42 Å². The van der Waals surface area contributed by atoms with Crippen LogP contribution in [0.2, 0.25) is 0 Å². The molecular weight excluding hydrogens is 449 g/mol. The normalized spacial score (nSPS) is 10.9. The molecule has 0 atom stereocenters. The smallest absolute Gasteiger partial charge is 0.268 e. The summed E-state index contributed by atoms with van der Waals surface area (Å²) in [6.45, 7) is 0.249. The van der Waals surface area contributed by atoms with Crippen LogP contribution in [-0.4, -0.2) is 26.1 Å². The Balaban J connectivity index is 1.69. The van der Waals surface area contributed by atoms with E-state index in [1.165, 1.54) is 12.1 Å². The summed E-state index contributed by atoms with van der Waals surface area (Å²) in [6.07, 6.45) is 0.504. The average molecular weight is 466 g/mol. The van der Waals surface area contributed by atoms with Crippen molar-refractivity contribution in [3.63, 3.8) is 0 Å². The van der Waals surface area contributed by atoms with E-state index in [2.05, 4.69) is 20.3 Å². The minimum absolute atomic E-state index is 0.0284. The molecule has 172 valence electrons. The van der Waals surface area contributed by atoms with Gasteiger partial charge in [-0.2, -0.15) is 15.2 Å². The fraction of sp³-hybridized carbons (Fsp3) is 0.136. The molecule has 0 fully saturated rings. The van der Waals surface area contributed by atoms with Crippen LogP contribution >= 0.6 is 0 Å². The maximum absolute atomic E-state index is 14.4. The van der Waals surface area contributed by atoms with E-state index in [1.807, 2.05) is 6.07 Å². The quantitative estimate of drug-likeness (QED) is 0.367. The number of nitriles is 1. The summed E-state index contributed by atoms with van der Waals surface area (Å²) in [5.74, 6) is -2.46. The van der Waals surface area contributed by atoms with Crippen molar-refractivity contribution in [3.05, 3.63) is 75.6 Å². The summed E-state index contributed by atoms with van der Waals surface area (Å²) >= 11 is 0. The number of nitrogens with zero attached hydrogens (tertiary/aromatic N) is 5. The second kappa shape index (κ2) is 9.07. The third-order valence-electron chi connectivity index (χ3n) is 4.96. The summed E-state index contributed by atoms with van der Waals surface area (Å²) in [5, 5.41) is 11.9. The molecule has 9 nitrogen and oxygen atoms in total. The second-order valence-electron chi connectivity index (χ2n) is 7.26. The van der Waals surface area contributed by atoms with Gasteiger partial charge in [0.05, 0.1) is 11.2 Å². The number of halogens is 3. The molecule has 0 saturated heterocycles. The predicted molar refractivity (Wildman–Crippen MR) is 120 cm³/mol. The van der Waals surface area contributed by atoms with Crippen LogP contribution in [0.1, 0.15) is 17.8 Å². The molecule has 2 aromatic heterocycles. The number of nitrogens with one attached hydrogen (secondary N) is 1. The lowest BCUT2D eigenvalue weighted by Crippen LogP contribution is -2.25. The van der Waals surface area contributed by atoms with Gasteiger partial charge in [-0.1, -0.05) is 6.07 Å². The Morgan fingerprint density at radius 2 is 1.79 bits per heavy atom. The Kier molecular flexibility index (Phi) is 6.01. The lowest BCUT2D eigenvalue weighted by Gasteiger charge is -2.15. The van der Waals surface area contributed by atoms with Crippen molar-refractivity contribution in [2.45, 2.75) is 12.8 Å². The number of rotatable bonds is 6. The zero-order valence-electron chi connectivity index (χ0n) is 17.5. The van der Waals surface area contributed by atoms with Crippen LogP contribution in [0.3, 0.4) is 0 Å². The van der Waals surface area contributed by atoms with E-state index in [0.29, 0.717) is 12.5 Å². The number of nitrogens with two attached hydrogens (primary N) is 2. The van der Waals surface area contributed by atoms with Crippen molar-refractivity contribution < 1.29 is 13.2 Å². The minimum atomic E-state index is -0.897. The minimum Gasteiger partial charge on any atom is -0.382 e. The first-order valence-corrected chi connectivity index (χ1v) is 10.0. The van der Waals surface area contributed by atoms with Gasteiger partial charge >= 0.3 is 0 Å². The zero-order valence-corrected chi connectivity index (χ0v) is 17.5. The molecule has 34 heavy (non-hydrogen) atoms. The van der Waals surface area contributed by atoms with E-state index >= 15 is 0 Å². The second-order valence-corrected chi connectivity index (χ2v) is 7.26. The lowest BCUT2D eigenvalue weighted by atomic mass is 10.2. The topological polar surface area (TPSA) is 149 Å². The average Bonchev–Trinajstić information content (AvgIpc) is 2.75. The fourth-order valence-electron chi connectivity index (χ4n) is 3.53. The van der Waals surface area contributed by atoms with E-state index in [9.17, 15) is 23.2 Å². The Labute approximate surface area is 190 Å². The first kappa shape index (κ1) is 22.5. The van der Waals surface area contributed by atoms with Crippen molar-refractivity contribution in [3.8, 4) is 11.8 Å². The van der Waals surface area contributed by atoms with Gasteiger partial charge in [0.1, 0.15) is 46.1 Å². The van der Waals surface area contributed by atoms with Crippen LogP contribution in [0.5, 0.6) is 0 Å². The molecule has 0 unspecified atom stereocenters. The maximum atomic E-state index is 14.4. The van der Waals surface area contributed by atoms with Crippen LogP contribution in [0.15, 0.2) is 41.2 Å². The number of benzene rings is 2. The van der Waals surface area contributed by atoms with Crippen molar-refractivity contribution in [2.24, 2.45) is 0 Å². The number of hydrogen-bond donors (Lipinski definition) is 3. The number of nitrogen functional groups attached to an aromatic ring is 2. The molecule has 0 radical (unpaired) electrons. The molecule has 0 aliphatic carbocycles. The first-order chi connectivity index (χ1) is 16.3. The lowest BCUT2D eigenvalue weighted by molar-refractivity contribution is 0.580. The van der Waals surface area contributed by atoms with Gasteiger partial charge in [0.15, 0.2) is 5.82 Å². The number of fused-ring (bicyclic) bond motifs is 1. The predicted octanol–water partition coefficient (Wildman–Crippen LogP) is 2.67. The molecule has 0 spiro atoms. The molecule has 0 aliphatic heterocycles. The van der Waals surface area contributed by atoms with Crippen molar-refractivity contribution >= 4 is 28.5 Å². The molecule has 4 rings (SSSR count). The summed E-state index contributed by atoms with van der Waals surface area (Å²) in [7, 11) is 0. The highest BCUT2D eigenvalue weighted by Gasteiger charge is 2.17. The number of hydrogen-bond acceptors (Lipinski definition) is 8. The van der Waals surface area contributed by atoms with Crippen LogP contribution < -0.4 is 22.3 Å². The van der Waals surface area contributed by atoms with Crippen LogP contribution in [0.4, 0.5) is 30.8 Å². The Bertz CT molecular complexity index is 1490. The monoisotopic (exact) mass is 466 g/mol. The zero-order chi connectivity index (χ0) is 24.4. The largest absolute Gasteiger partial charge is 0.382 e. The number of aryl methyl sites for hydroxylation is 1. The molecule has 0 bridgehead atoms. The molecule has 0 amide bonds. The molecule has 5 N–H and O–H groups in total. The van der Waals surface area contributed by atoms with E-state index in [-0.39, 0.29) is 58.5 Å². The van der Waals surface area contributed by atoms with E-state index in [4.69, 9.17) is 11.5 Å². The van der Waals surface area contributed by atoms with Gasteiger partial charge < -0.3 is 16.8 Å². The molecular formula is C22H17F3N8O. The third-order valence-corrected chi connectivity index (χ3v) is 4.96. The molecule has 12 heteroatoms. The fourth-order valence-corrected chi connectivity index (χ4v) is 3.53. The van der Waals surface area contributed by atoms with Gasteiger partial charge in [-0.05, 0) is 30.7 Å². The van der Waals surface area contributed by atoms with Crippen molar-refractivity contribution in [1.82, 2.24) is 19.5 Å². The molecule has 0 aliphatic rings. The Morgan fingerprint density at radius 3 is 2.50 bits per heavy atom. The van der Waals surface area contributed by atoms with Crippen molar-refractivity contribution in [1.29, 1.82) is 5.26 Å². The Hall–Kier alpha value is -4.66. The van der Waals surface area contributed by atoms with Gasteiger partial charge in [-0.25, -0.2) is 18.2 Å². The standard InChI is InChI=1S/C22H17F3N8O/c23-11-7-12(24)9-13(8-11)33-17(30-16-4-1-3-15(25)18(16)21(33)34)5-2-6-29-20-14(10-26)19(27)31-22(28)32-20/h1,3-4,7-9H,2,5-6H2,(H5,27,28,29,31,32). The maximum Gasteiger partial charge on any atom is 0.268 e. The summed E-state index contributed by atoms with van der Waals surface area (Å²) in [4.78, 5) is 25.2. The molecule has 2 aromatic carbocycles. The molecule has 0 saturated carbocycles. The summed E-state index contributed by atoms with van der Waals surface area (Å²) in [6, 6.07) is 8.48. The van der Waals surface area contributed by atoms with Crippen LogP contribution in [0.25, 0.3) is 16.6 Å². The van der Waals surface area contributed by atoms with Gasteiger partial charge in [0.25, 0.3) is 5.56 Å². The highest BCUT2D eigenvalue weighted by Crippen LogP contribution is 2.20. The third kappa shape index (κ3) is 4.31. The first-order valence-electron chi connectivity index (χ1n) is 10.0. The van der Waals surface area contributed by atoms with E-state index < -0.39 is 23.0 Å². The molecule has 2 heterocycles. The number of anilines is 3. The van der Waals surface area contributed by atoms with Gasteiger partial charge in [0.2, 0.25) is 5.95 Å². The van der Waals surface area contributed by atoms with E-state index in [1.54, 1.807) is 0 Å². The highest BCUT2D eigenvalue weighted by molar-refractivity contribution is 5.78. The van der Waals surface area contributed by atoms with Gasteiger partial charge in [-0.15, -0.1) is 0 Å².